The number of furan rings is 1. The highest BCUT2D eigenvalue weighted by atomic mass is 16.5. The Labute approximate surface area is 367 Å². The Hall–Kier alpha value is -6.59. The quantitative estimate of drug-likeness (QED) is 0.177. The number of allylic oxidation sites excluding steroid dienone is 4. The van der Waals surface area contributed by atoms with Crippen LogP contribution < -0.4 is 4.74 Å². The van der Waals surface area contributed by atoms with Gasteiger partial charge in [0.2, 0.25) is 0 Å². The fourth-order valence-corrected chi connectivity index (χ4v) is 13.3. The second-order valence-electron chi connectivity index (χ2n) is 19.4. The average molecular weight is 818 g/mol. The van der Waals surface area contributed by atoms with Crippen LogP contribution in [-0.2, 0) is 10.8 Å². The maximum atomic E-state index is 6.81. The molecule has 14 rings (SSSR count). The Balaban J connectivity index is 0.945. The smallest absolute Gasteiger partial charge is 0.164 e. The molecule has 5 heteroatoms. The molecule has 5 atom stereocenters. The zero-order chi connectivity index (χ0) is 41.3. The molecule has 3 saturated carbocycles. The minimum Gasteiger partial charge on any atom is -0.457 e. The topological polar surface area (TPSA) is 61.0 Å². The van der Waals surface area contributed by atoms with Gasteiger partial charge in [-0.05, 0) is 151 Å². The van der Waals surface area contributed by atoms with E-state index in [1.807, 2.05) is 12.1 Å². The molecule has 2 bridgehead atoms. The molecule has 6 aliphatic rings. The van der Waals surface area contributed by atoms with Crippen molar-refractivity contribution in [1.82, 2.24) is 15.0 Å². The van der Waals surface area contributed by atoms with Crippen molar-refractivity contribution in [2.75, 3.05) is 0 Å². The van der Waals surface area contributed by atoms with Crippen molar-refractivity contribution in [1.29, 1.82) is 0 Å². The van der Waals surface area contributed by atoms with Crippen LogP contribution in [0.2, 0.25) is 0 Å². The molecular weight excluding hydrogens is 771 g/mol. The number of para-hydroxylation sites is 2. The molecular formula is C58H47N3O2. The summed E-state index contributed by atoms with van der Waals surface area (Å²) < 4.78 is 13.1. The largest absolute Gasteiger partial charge is 0.457 e. The lowest BCUT2D eigenvalue weighted by Gasteiger charge is -2.42. The van der Waals surface area contributed by atoms with E-state index in [2.05, 4.69) is 133 Å². The number of ether oxygens (including phenoxy) is 1. The molecule has 4 unspecified atom stereocenters. The highest BCUT2D eigenvalue weighted by Gasteiger charge is 2.52. The Morgan fingerprint density at radius 2 is 1.29 bits per heavy atom. The third-order valence-electron chi connectivity index (χ3n) is 16.2. The van der Waals surface area contributed by atoms with Crippen LogP contribution in [0.5, 0.6) is 11.5 Å². The number of benzene rings is 6. The Morgan fingerprint density at radius 3 is 2.16 bits per heavy atom. The van der Waals surface area contributed by atoms with Crippen LogP contribution in [0.4, 0.5) is 0 Å². The minimum atomic E-state index is -0.506. The fraction of sp³-hybridized carbons (Fsp3) is 0.259. The second-order valence-corrected chi connectivity index (χ2v) is 19.4. The van der Waals surface area contributed by atoms with Crippen molar-refractivity contribution in [3.8, 4) is 45.7 Å². The van der Waals surface area contributed by atoms with Crippen LogP contribution in [0.25, 0.3) is 61.7 Å². The van der Waals surface area contributed by atoms with Crippen molar-refractivity contribution in [2.24, 2.45) is 17.8 Å². The van der Waals surface area contributed by atoms with Crippen LogP contribution in [0.3, 0.4) is 0 Å². The summed E-state index contributed by atoms with van der Waals surface area (Å²) >= 11 is 0. The van der Waals surface area contributed by atoms with Gasteiger partial charge in [-0.2, -0.15) is 0 Å². The van der Waals surface area contributed by atoms with E-state index in [0.717, 1.165) is 86.3 Å². The summed E-state index contributed by atoms with van der Waals surface area (Å²) in [7, 11) is 0. The van der Waals surface area contributed by atoms with Crippen LogP contribution in [0, 0.1) is 17.8 Å². The predicted molar refractivity (Wildman–Crippen MR) is 251 cm³/mol. The predicted octanol–water partition coefficient (Wildman–Crippen LogP) is 14.6. The first kappa shape index (κ1) is 35.9. The van der Waals surface area contributed by atoms with E-state index in [1.165, 1.54) is 84.8 Å². The third-order valence-corrected chi connectivity index (χ3v) is 16.2. The SMILES string of the molecule is C1=CC2=C(CC1)C1(c3ccccc3Oc3ccc(-c4nc(-c5ccc(C67CCC[C@@H](CC8CCC8C6)C7)cc5)nc(-c5ccc6oc7ccccc7c6c5)n4)cc31)c1ccccc12. The maximum Gasteiger partial charge on any atom is 0.164 e. The lowest BCUT2D eigenvalue weighted by atomic mass is 9.62. The standard InChI is InChI=1S/C58H47N3O2/c1-4-14-46-42(11-1)43-12-2-5-15-47(43)58(46)48-16-6-8-18-52(48)63-53-28-24-39(32-49(53)58)56-60-54(59-55(61-56)38-23-27-51-45(31-38)44-13-3-7-17-50(44)62-51)36-21-25-41(26-22-36)57-29-9-10-35(33-57)30-37-19-20-40(37)34-57/h1-4,6-8,11-14,16-18,21-28,31-32,35,37,40H,5,9-10,15,19-20,29-30,33-34H2/t35-,37?,40?,57?,58?/m0/s1. The van der Waals surface area contributed by atoms with Gasteiger partial charge in [-0.1, -0.05) is 110 Å². The van der Waals surface area contributed by atoms with Gasteiger partial charge in [0.25, 0.3) is 0 Å². The fourth-order valence-electron chi connectivity index (χ4n) is 13.3. The zero-order valence-corrected chi connectivity index (χ0v) is 35.3. The summed E-state index contributed by atoms with van der Waals surface area (Å²) in [6, 6.07) is 48.2. The molecule has 1 spiro atoms. The van der Waals surface area contributed by atoms with Gasteiger partial charge in [0.1, 0.15) is 22.7 Å². The van der Waals surface area contributed by atoms with E-state index >= 15 is 0 Å². The van der Waals surface area contributed by atoms with Gasteiger partial charge in [-0.15, -0.1) is 0 Å². The van der Waals surface area contributed by atoms with Gasteiger partial charge in [-0.3, -0.25) is 0 Å². The van der Waals surface area contributed by atoms with E-state index in [4.69, 9.17) is 24.1 Å². The van der Waals surface area contributed by atoms with Crippen LogP contribution in [0.1, 0.15) is 92.0 Å². The molecule has 0 N–H and O–H groups in total. The van der Waals surface area contributed by atoms with Crippen molar-refractivity contribution in [3.63, 3.8) is 0 Å². The van der Waals surface area contributed by atoms with Crippen molar-refractivity contribution in [3.05, 3.63) is 179 Å². The van der Waals surface area contributed by atoms with Gasteiger partial charge in [-0.25, -0.2) is 15.0 Å². The highest BCUT2D eigenvalue weighted by Crippen LogP contribution is 2.63. The summed E-state index contributed by atoms with van der Waals surface area (Å²) in [5.41, 5.74) is 13.6. The van der Waals surface area contributed by atoms with E-state index in [9.17, 15) is 0 Å². The number of aromatic nitrogens is 3. The van der Waals surface area contributed by atoms with Crippen LogP contribution >= 0.6 is 0 Å². The summed E-state index contributed by atoms with van der Waals surface area (Å²) in [6.07, 6.45) is 17.7. The number of fused-ring (bicyclic) bond motifs is 14. The molecule has 3 heterocycles. The molecule has 306 valence electrons. The van der Waals surface area contributed by atoms with Gasteiger partial charge in [0.15, 0.2) is 17.5 Å². The number of hydrogen-bond donors (Lipinski definition) is 0. The molecule has 0 amide bonds. The van der Waals surface area contributed by atoms with Crippen LogP contribution in [0.15, 0.2) is 156 Å². The molecule has 0 saturated heterocycles. The lowest BCUT2D eigenvalue weighted by Crippen LogP contribution is -2.34. The number of hydrogen-bond acceptors (Lipinski definition) is 5. The first-order chi connectivity index (χ1) is 31.1. The maximum absolute atomic E-state index is 6.81. The molecule has 2 aromatic heterocycles. The van der Waals surface area contributed by atoms with Gasteiger partial charge < -0.3 is 9.15 Å². The second kappa shape index (κ2) is 13.5. The van der Waals surface area contributed by atoms with Crippen molar-refractivity contribution >= 4 is 27.5 Å². The summed E-state index contributed by atoms with van der Waals surface area (Å²) in [5, 5.41) is 2.13. The molecule has 6 aromatic carbocycles. The first-order valence-corrected chi connectivity index (χ1v) is 23.3. The molecule has 63 heavy (non-hydrogen) atoms. The molecule has 1 aliphatic heterocycles. The molecule has 5 aliphatic carbocycles. The normalized spacial score (nSPS) is 25.1. The van der Waals surface area contributed by atoms with Crippen LogP contribution in [-0.4, -0.2) is 15.0 Å². The Kier molecular flexibility index (Phi) is 7.68. The van der Waals surface area contributed by atoms with E-state index in [0.29, 0.717) is 22.9 Å². The summed E-state index contributed by atoms with van der Waals surface area (Å²) in [5.74, 6) is 6.47. The van der Waals surface area contributed by atoms with Crippen molar-refractivity contribution < 1.29 is 9.15 Å². The van der Waals surface area contributed by atoms with Gasteiger partial charge >= 0.3 is 0 Å². The van der Waals surface area contributed by atoms with Gasteiger partial charge in [0.05, 0.1) is 5.41 Å². The van der Waals surface area contributed by atoms with E-state index in [1.54, 1.807) is 0 Å². The summed E-state index contributed by atoms with van der Waals surface area (Å²) in [4.78, 5) is 16.0. The third kappa shape index (κ3) is 5.26. The summed E-state index contributed by atoms with van der Waals surface area (Å²) in [6.45, 7) is 0. The molecule has 3 fully saturated rings. The zero-order valence-electron chi connectivity index (χ0n) is 35.3. The first-order valence-electron chi connectivity index (χ1n) is 23.3. The highest BCUT2D eigenvalue weighted by molar-refractivity contribution is 6.06. The average Bonchev–Trinajstić information content (AvgIpc) is 3.84. The Bertz CT molecular complexity index is 3270. The minimum absolute atomic E-state index is 0.293. The molecule has 0 radical (unpaired) electrons. The molecule has 5 nitrogen and oxygen atoms in total. The molecule has 8 aromatic rings. The van der Waals surface area contributed by atoms with E-state index in [-0.39, 0.29) is 0 Å². The Morgan fingerprint density at radius 1 is 0.571 bits per heavy atom. The number of rotatable bonds is 4. The van der Waals surface area contributed by atoms with Crippen molar-refractivity contribution in [2.45, 2.75) is 75.0 Å². The monoisotopic (exact) mass is 817 g/mol. The lowest BCUT2D eigenvalue weighted by molar-refractivity contribution is 0.140. The van der Waals surface area contributed by atoms with E-state index < -0.39 is 5.41 Å². The van der Waals surface area contributed by atoms with Gasteiger partial charge in [0, 0.05) is 38.6 Å². The number of nitrogens with zero attached hydrogens (tertiary/aromatic N) is 3.